The van der Waals surface area contributed by atoms with Crippen LogP contribution in [0, 0.1) is 5.92 Å². The molecule has 2 unspecified atom stereocenters. The topological polar surface area (TPSA) is 12.5 Å². The van der Waals surface area contributed by atoms with Crippen LogP contribution in [0.3, 0.4) is 0 Å². The van der Waals surface area contributed by atoms with Crippen LogP contribution in [0.5, 0.6) is 0 Å². The van der Waals surface area contributed by atoms with Crippen LogP contribution in [0.15, 0.2) is 30.3 Å². The van der Waals surface area contributed by atoms with Crippen LogP contribution in [0.1, 0.15) is 43.8 Å². The van der Waals surface area contributed by atoms with Crippen molar-refractivity contribution in [1.82, 2.24) is 0 Å². The number of ether oxygens (including phenoxy) is 1. The summed E-state index contributed by atoms with van der Waals surface area (Å²) in [6, 6.07) is 10.7. The molecular formula is C14H18O. The normalized spacial score (nSPS) is 31.5. The van der Waals surface area contributed by atoms with Crippen molar-refractivity contribution in [2.45, 2.75) is 44.3 Å². The third-order valence-corrected chi connectivity index (χ3v) is 3.77. The van der Waals surface area contributed by atoms with Crippen LogP contribution >= 0.6 is 0 Å². The maximum Gasteiger partial charge on any atom is 0.109 e. The highest BCUT2D eigenvalue weighted by Crippen LogP contribution is 2.47. The van der Waals surface area contributed by atoms with E-state index in [9.17, 15) is 0 Å². The van der Waals surface area contributed by atoms with Crippen molar-refractivity contribution in [3.8, 4) is 0 Å². The minimum atomic E-state index is 0.411. The Balaban J connectivity index is 1.64. The lowest BCUT2D eigenvalue weighted by Crippen LogP contribution is -2.12. The summed E-state index contributed by atoms with van der Waals surface area (Å²) in [6.07, 6.45) is 7.96. The van der Waals surface area contributed by atoms with Crippen LogP contribution in [0.2, 0.25) is 0 Å². The molecule has 1 heterocycles. The van der Waals surface area contributed by atoms with E-state index >= 15 is 0 Å². The summed E-state index contributed by atoms with van der Waals surface area (Å²) in [4.78, 5) is 0. The molecule has 0 N–H and O–H groups in total. The minimum absolute atomic E-state index is 0.411. The van der Waals surface area contributed by atoms with Crippen molar-refractivity contribution in [2.24, 2.45) is 5.92 Å². The van der Waals surface area contributed by atoms with Crippen molar-refractivity contribution in [3.63, 3.8) is 0 Å². The molecule has 2 fully saturated rings. The van der Waals surface area contributed by atoms with Gasteiger partial charge in [-0.3, -0.25) is 0 Å². The number of epoxide rings is 1. The summed E-state index contributed by atoms with van der Waals surface area (Å²) in [5.74, 6) is 0.837. The summed E-state index contributed by atoms with van der Waals surface area (Å²) >= 11 is 0. The molecule has 2 aliphatic rings. The van der Waals surface area contributed by atoms with Gasteiger partial charge in [0.25, 0.3) is 0 Å². The van der Waals surface area contributed by atoms with Crippen molar-refractivity contribution < 1.29 is 4.74 Å². The summed E-state index contributed by atoms with van der Waals surface area (Å²) in [5, 5.41) is 0. The van der Waals surface area contributed by atoms with E-state index in [2.05, 4.69) is 30.3 Å². The molecular weight excluding hydrogens is 184 g/mol. The molecule has 1 aromatic carbocycles. The molecule has 2 atom stereocenters. The van der Waals surface area contributed by atoms with Crippen molar-refractivity contribution in [1.29, 1.82) is 0 Å². The van der Waals surface area contributed by atoms with E-state index in [1.807, 2.05) is 0 Å². The third kappa shape index (κ3) is 1.93. The first-order valence-electron chi connectivity index (χ1n) is 6.15. The van der Waals surface area contributed by atoms with E-state index in [1.54, 1.807) is 0 Å². The van der Waals surface area contributed by atoms with Gasteiger partial charge in [-0.25, -0.2) is 0 Å². The second-order valence-corrected chi connectivity index (χ2v) is 4.83. The van der Waals surface area contributed by atoms with Gasteiger partial charge in [-0.1, -0.05) is 49.6 Å². The Hall–Kier alpha value is -0.820. The van der Waals surface area contributed by atoms with Crippen LogP contribution in [-0.4, -0.2) is 6.10 Å². The number of hydrogen-bond donors (Lipinski definition) is 0. The summed E-state index contributed by atoms with van der Waals surface area (Å²) < 4.78 is 5.84. The summed E-state index contributed by atoms with van der Waals surface area (Å²) in [7, 11) is 0. The molecule has 1 aliphatic heterocycles. The van der Waals surface area contributed by atoms with Gasteiger partial charge in [0.05, 0.1) is 6.10 Å². The molecule has 0 amide bonds. The van der Waals surface area contributed by atoms with Gasteiger partial charge in [0, 0.05) is 0 Å². The zero-order valence-electron chi connectivity index (χ0n) is 9.06. The fourth-order valence-electron chi connectivity index (χ4n) is 2.86. The third-order valence-electron chi connectivity index (χ3n) is 3.77. The molecule has 3 rings (SSSR count). The smallest absolute Gasteiger partial charge is 0.109 e. The molecule has 80 valence electrons. The van der Waals surface area contributed by atoms with Crippen LogP contribution in [-0.2, 0) is 4.74 Å². The largest absolute Gasteiger partial charge is 0.364 e. The Morgan fingerprint density at radius 3 is 2.40 bits per heavy atom. The van der Waals surface area contributed by atoms with Crippen molar-refractivity contribution in [2.75, 3.05) is 0 Å². The quantitative estimate of drug-likeness (QED) is 0.666. The van der Waals surface area contributed by atoms with Gasteiger partial charge in [0.1, 0.15) is 6.10 Å². The highest BCUT2D eigenvalue weighted by Gasteiger charge is 2.45. The van der Waals surface area contributed by atoms with E-state index in [4.69, 9.17) is 4.74 Å². The first kappa shape index (κ1) is 9.41. The first-order valence-corrected chi connectivity index (χ1v) is 6.15. The van der Waals surface area contributed by atoms with Gasteiger partial charge in [0.15, 0.2) is 0 Å². The van der Waals surface area contributed by atoms with Gasteiger partial charge >= 0.3 is 0 Å². The van der Waals surface area contributed by atoms with Crippen LogP contribution in [0.25, 0.3) is 0 Å². The lowest BCUT2D eigenvalue weighted by atomic mass is 9.85. The van der Waals surface area contributed by atoms with Crippen LogP contribution in [0.4, 0.5) is 0 Å². The lowest BCUT2D eigenvalue weighted by Gasteiger charge is -2.19. The Bertz CT molecular complexity index is 313. The van der Waals surface area contributed by atoms with Crippen molar-refractivity contribution >= 4 is 0 Å². The maximum absolute atomic E-state index is 5.84. The maximum atomic E-state index is 5.84. The van der Waals surface area contributed by atoms with Crippen molar-refractivity contribution in [3.05, 3.63) is 35.9 Å². The SMILES string of the molecule is c1ccc(C2OC2C2CCCCC2)cc1. The Morgan fingerprint density at radius 2 is 1.67 bits per heavy atom. The van der Waals surface area contributed by atoms with E-state index < -0.39 is 0 Å². The molecule has 0 spiro atoms. The highest BCUT2D eigenvalue weighted by molar-refractivity contribution is 5.22. The van der Waals surface area contributed by atoms with E-state index in [1.165, 1.54) is 37.7 Å². The standard InChI is InChI=1S/C14H18O/c1-3-7-11(8-4-1)13-14(15-13)12-9-5-2-6-10-12/h1,3-4,7-8,12-14H,2,5-6,9-10H2. The zero-order valence-corrected chi connectivity index (χ0v) is 9.06. The molecule has 15 heavy (non-hydrogen) atoms. The summed E-state index contributed by atoms with van der Waals surface area (Å²) in [6.45, 7) is 0. The van der Waals surface area contributed by atoms with E-state index in [0.717, 1.165) is 5.92 Å². The fourth-order valence-corrected chi connectivity index (χ4v) is 2.86. The number of hydrogen-bond acceptors (Lipinski definition) is 1. The average Bonchev–Trinajstić information content (AvgIpc) is 3.11. The van der Waals surface area contributed by atoms with E-state index in [0.29, 0.717) is 12.2 Å². The fraction of sp³-hybridized carbons (Fsp3) is 0.571. The van der Waals surface area contributed by atoms with E-state index in [-0.39, 0.29) is 0 Å². The summed E-state index contributed by atoms with van der Waals surface area (Å²) in [5.41, 5.74) is 1.37. The van der Waals surface area contributed by atoms with Gasteiger partial charge in [-0.05, 0) is 24.3 Å². The monoisotopic (exact) mass is 202 g/mol. The second-order valence-electron chi connectivity index (χ2n) is 4.83. The average molecular weight is 202 g/mol. The molecule has 1 saturated heterocycles. The van der Waals surface area contributed by atoms with Gasteiger partial charge in [-0.2, -0.15) is 0 Å². The molecule has 1 saturated carbocycles. The second kappa shape index (κ2) is 3.97. The molecule has 1 aromatic rings. The van der Waals surface area contributed by atoms with Gasteiger partial charge < -0.3 is 4.74 Å². The molecule has 1 aliphatic carbocycles. The van der Waals surface area contributed by atoms with Gasteiger partial charge in [-0.15, -0.1) is 0 Å². The first-order chi connectivity index (χ1) is 7.45. The Kier molecular flexibility index (Phi) is 2.49. The van der Waals surface area contributed by atoms with Crippen LogP contribution < -0.4 is 0 Å². The Labute approximate surface area is 91.5 Å². The highest BCUT2D eigenvalue weighted by atomic mass is 16.6. The number of rotatable bonds is 2. The lowest BCUT2D eigenvalue weighted by molar-refractivity contribution is 0.262. The predicted molar refractivity (Wildman–Crippen MR) is 60.6 cm³/mol. The predicted octanol–water partition coefficient (Wildman–Crippen LogP) is 3.71. The molecule has 1 heteroatoms. The molecule has 0 aromatic heterocycles. The molecule has 1 nitrogen and oxygen atoms in total. The minimum Gasteiger partial charge on any atom is -0.364 e. The molecule has 0 radical (unpaired) electrons. The van der Waals surface area contributed by atoms with Gasteiger partial charge in [0.2, 0.25) is 0 Å². The molecule has 0 bridgehead atoms. The Morgan fingerprint density at radius 1 is 0.933 bits per heavy atom. The zero-order chi connectivity index (χ0) is 10.1. The number of benzene rings is 1.